The van der Waals surface area contributed by atoms with Crippen molar-refractivity contribution in [1.82, 2.24) is 0 Å². The highest BCUT2D eigenvalue weighted by Crippen LogP contribution is 2.06. The van der Waals surface area contributed by atoms with E-state index >= 15 is 0 Å². The standard InChI is InChI=1S/C16H26O3/c1-2-3-4-5-6-7-9-12-15(17)13-10-8-11-14-16(18)19/h3-4,6-7,9,12,15,17H,2,5,8,10-11,13-14H2,1H3,(H,18,19)/b4-3-,7-6-,12-9+/t15-/m1/s1. The molecule has 0 rings (SSSR count). The predicted octanol–water partition coefficient (Wildman–Crippen LogP) is 3.85. The second kappa shape index (κ2) is 13.1. The van der Waals surface area contributed by atoms with Gasteiger partial charge in [0.15, 0.2) is 0 Å². The highest BCUT2D eigenvalue weighted by atomic mass is 16.4. The summed E-state index contributed by atoms with van der Waals surface area (Å²) in [7, 11) is 0. The van der Waals surface area contributed by atoms with Crippen LogP contribution in [0.2, 0.25) is 0 Å². The van der Waals surface area contributed by atoms with Gasteiger partial charge in [0.05, 0.1) is 6.10 Å². The van der Waals surface area contributed by atoms with Crippen molar-refractivity contribution < 1.29 is 15.0 Å². The first-order chi connectivity index (χ1) is 9.16. The van der Waals surface area contributed by atoms with Crippen molar-refractivity contribution in [3.63, 3.8) is 0 Å². The molecule has 0 aliphatic carbocycles. The van der Waals surface area contributed by atoms with Gasteiger partial charge in [-0.25, -0.2) is 0 Å². The molecule has 0 radical (unpaired) electrons. The molecule has 0 saturated heterocycles. The Hall–Kier alpha value is -1.35. The number of aliphatic hydroxyl groups is 1. The van der Waals surface area contributed by atoms with Crippen molar-refractivity contribution in [2.75, 3.05) is 0 Å². The third-order valence-electron chi connectivity index (χ3n) is 2.65. The van der Waals surface area contributed by atoms with Crippen LogP contribution in [-0.2, 0) is 4.79 Å². The Morgan fingerprint density at radius 2 is 1.89 bits per heavy atom. The Kier molecular flexibility index (Phi) is 12.2. The second-order valence-electron chi connectivity index (χ2n) is 4.49. The minimum Gasteiger partial charge on any atom is -0.481 e. The van der Waals surface area contributed by atoms with Crippen LogP contribution in [0.15, 0.2) is 36.5 Å². The van der Waals surface area contributed by atoms with Crippen LogP contribution in [0.4, 0.5) is 0 Å². The van der Waals surface area contributed by atoms with E-state index in [2.05, 4.69) is 19.1 Å². The molecule has 0 fully saturated rings. The van der Waals surface area contributed by atoms with Crippen LogP contribution < -0.4 is 0 Å². The van der Waals surface area contributed by atoms with Crippen LogP contribution in [0.3, 0.4) is 0 Å². The summed E-state index contributed by atoms with van der Waals surface area (Å²) in [4.78, 5) is 10.3. The molecular formula is C16H26O3. The van der Waals surface area contributed by atoms with Crippen molar-refractivity contribution in [2.24, 2.45) is 0 Å². The zero-order chi connectivity index (χ0) is 14.3. The van der Waals surface area contributed by atoms with Crippen LogP contribution in [0.1, 0.15) is 51.9 Å². The molecule has 0 unspecified atom stereocenters. The van der Waals surface area contributed by atoms with Crippen molar-refractivity contribution >= 4 is 5.97 Å². The molecule has 0 spiro atoms. The third-order valence-corrected chi connectivity index (χ3v) is 2.65. The lowest BCUT2D eigenvalue weighted by atomic mass is 10.1. The summed E-state index contributed by atoms with van der Waals surface area (Å²) in [5.74, 6) is -0.747. The average molecular weight is 266 g/mol. The summed E-state index contributed by atoms with van der Waals surface area (Å²) in [6.07, 6.45) is 16.7. The number of aliphatic hydroxyl groups excluding tert-OH is 1. The Bertz CT molecular complexity index is 303. The molecule has 0 aromatic heterocycles. The molecule has 108 valence electrons. The van der Waals surface area contributed by atoms with Gasteiger partial charge in [-0.1, -0.05) is 56.2 Å². The topological polar surface area (TPSA) is 57.5 Å². The minimum absolute atomic E-state index is 0.222. The molecule has 19 heavy (non-hydrogen) atoms. The minimum atomic E-state index is -0.747. The van der Waals surface area contributed by atoms with E-state index in [0.29, 0.717) is 12.8 Å². The van der Waals surface area contributed by atoms with Crippen LogP contribution >= 0.6 is 0 Å². The maximum Gasteiger partial charge on any atom is 0.303 e. The normalized spacial score (nSPS) is 13.8. The lowest BCUT2D eigenvalue weighted by Gasteiger charge is -2.03. The van der Waals surface area contributed by atoms with Gasteiger partial charge in [-0.3, -0.25) is 4.79 Å². The summed E-state index contributed by atoms with van der Waals surface area (Å²) in [6, 6.07) is 0. The first-order valence-corrected chi connectivity index (χ1v) is 7.05. The van der Waals surface area contributed by atoms with Gasteiger partial charge in [0.1, 0.15) is 0 Å². The Labute approximate surface area is 116 Å². The fourth-order valence-electron chi connectivity index (χ4n) is 1.59. The molecule has 1 atom stereocenters. The van der Waals surface area contributed by atoms with E-state index in [1.807, 2.05) is 18.2 Å². The van der Waals surface area contributed by atoms with E-state index in [9.17, 15) is 9.90 Å². The smallest absolute Gasteiger partial charge is 0.303 e. The number of aliphatic carboxylic acids is 1. The van der Waals surface area contributed by atoms with E-state index in [4.69, 9.17) is 5.11 Å². The number of rotatable bonds is 11. The summed E-state index contributed by atoms with van der Waals surface area (Å²) in [5, 5.41) is 18.1. The molecule has 3 heteroatoms. The van der Waals surface area contributed by atoms with Gasteiger partial charge in [0.25, 0.3) is 0 Å². The van der Waals surface area contributed by atoms with Crippen molar-refractivity contribution in [1.29, 1.82) is 0 Å². The van der Waals surface area contributed by atoms with E-state index in [0.717, 1.165) is 25.7 Å². The first kappa shape index (κ1) is 17.6. The highest BCUT2D eigenvalue weighted by molar-refractivity contribution is 5.66. The van der Waals surface area contributed by atoms with Crippen LogP contribution in [0, 0.1) is 0 Å². The van der Waals surface area contributed by atoms with Crippen molar-refractivity contribution in [3.05, 3.63) is 36.5 Å². The van der Waals surface area contributed by atoms with Crippen molar-refractivity contribution in [3.8, 4) is 0 Å². The van der Waals surface area contributed by atoms with Gasteiger partial charge in [0.2, 0.25) is 0 Å². The van der Waals surface area contributed by atoms with Crippen LogP contribution in [0.25, 0.3) is 0 Å². The second-order valence-corrected chi connectivity index (χ2v) is 4.49. The molecule has 0 bridgehead atoms. The fourth-order valence-corrected chi connectivity index (χ4v) is 1.59. The van der Waals surface area contributed by atoms with Gasteiger partial charge in [-0.05, 0) is 25.7 Å². The van der Waals surface area contributed by atoms with Gasteiger partial charge in [-0.15, -0.1) is 0 Å². The molecule has 0 aliphatic heterocycles. The zero-order valence-electron chi connectivity index (χ0n) is 11.8. The number of hydrogen-bond acceptors (Lipinski definition) is 2. The molecule has 3 nitrogen and oxygen atoms in total. The van der Waals surface area contributed by atoms with Gasteiger partial charge in [0, 0.05) is 6.42 Å². The number of carbonyl (C=O) groups is 1. The molecule has 0 amide bonds. The quantitative estimate of drug-likeness (QED) is 0.339. The number of hydrogen-bond donors (Lipinski definition) is 2. The molecule has 2 N–H and O–H groups in total. The average Bonchev–Trinajstić information content (AvgIpc) is 2.37. The van der Waals surface area contributed by atoms with Gasteiger partial charge in [-0.2, -0.15) is 0 Å². The Morgan fingerprint density at radius 1 is 1.11 bits per heavy atom. The SMILES string of the molecule is CC/C=C\C/C=C\C=C\[C@@H](O)CCCCCC(=O)O. The van der Waals surface area contributed by atoms with Crippen LogP contribution in [0.5, 0.6) is 0 Å². The molecule has 0 heterocycles. The summed E-state index contributed by atoms with van der Waals surface area (Å²) < 4.78 is 0. The molecule has 0 aromatic carbocycles. The zero-order valence-corrected chi connectivity index (χ0v) is 11.8. The van der Waals surface area contributed by atoms with Crippen LogP contribution in [-0.4, -0.2) is 22.3 Å². The van der Waals surface area contributed by atoms with E-state index in [-0.39, 0.29) is 6.42 Å². The van der Waals surface area contributed by atoms with E-state index < -0.39 is 12.1 Å². The third kappa shape index (κ3) is 14.6. The highest BCUT2D eigenvalue weighted by Gasteiger charge is 2.00. The Morgan fingerprint density at radius 3 is 2.58 bits per heavy atom. The lowest BCUT2D eigenvalue weighted by molar-refractivity contribution is -0.137. The largest absolute Gasteiger partial charge is 0.481 e. The molecule has 0 saturated carbocycles. The lowest BCUT2D eigenvalue weighted by Crippen LogP contribution is -2.01. The monoisotopic (exact) mass is 266 g/mol. The summed E-state index contributed by atoms with van der Waals surface area (Å²) >= 11 is 0. The molecule has 0 aromatic rings. The summed E-state index contributed by atoms with van der Waals surface area (Å²) in [5.41, 5.74) is 0. The van der Waals surface area contributed by atoms with Gasteiger partial charge >= 0.3 is 5.97 Å². The number of allylic oxidation sites excluding steroid dienone is 5. The maximum absolute atomic E-state index is 10.3. The number of unbranched alkanes of at least 4 members (excludes halogenated alkanes) is 2. The molecule has 0 aliphatic rings. The predicted molar refractivity (Wildman–Crippen MR) is 79.1 cm³/mol. The Balaban J connectivity index is 3.53. The summed E-state index contributed by atoms with van der Waals surface area (Å²) in [6.45, 7) is 2.10. The van der Waals surface area contributed by atoms with E-state index in [1.54, 1.807) is 6.08 Å². The van der Waals surface area contributed by atoms with E-state index in [1.165, 1.54) is 0 Å². The maximum atomic E-state index is 10.3. The first-order valence-electron chi connectivity index (χ1n) is 7.05. The number of carboxylic acid groups (broad SMARTS) is 1. The van der Waals surface area contributed by atoms with Crippen molar-refractivity contribution in [2.45, 2.75) is 58.0 Å². The number of carboxylic acids is 1. The van der Waals surface area contributed by atoms with Gasteiger partial charge < -0.3 is 10.2 Å². The molecular weight excluding hydrogens is 240 g/mol. The fraction of sp³-hybridized carbons (Fsp3) is 0.562.